The molecule has 136 valence electrons. The molecule has 3 N–H and O–H groups in total. The smallest absolute Gasteiger partial charge is 0.319 e. The molecule has 25 heavy (non-hydrogen) atoms. The number of rotatable bonds is 9. The highest BCUT2D eigenvalue weighted by molar-refractivity contribution is 5.89. The van der Waals surface area contributed by atoms with Gasteiger partial charge in [0, 0.05) is 18.7 Å². The second-order valence-corrected chi connectivity index (χ2v) is 6.29. The number of benzene rings is 1. The van der Waals surface area contributed by atoms with E-state index in [1.54, 1.807) is 37.5 Å². The highest BCUT2D eigenvalue weighted by Gasteiger charge is 2.23. The van der Waals surface area contributed by atoms with Crippen molar-refractivity contribution < 1.29 is 19.1 Å². The number of carbonyl (C=O) groups excluding carboxylic acids is 1. The summed E-state index contributed by atoms with van der Waals surface area (Å²) >= 11 is 0. The van der Waals surface area contributed by atoms with Gasteiger partial charge in [-0.25, -0.2) is 4.79 Å². The lowest BCUT2D eigenvalue weighted by molar-refractivity contribution is 0.0577. The highest BCUT2D eigenvalue weighted by atomic mass is 16.5. The summed E-state index contributed by atoms with van der Waals surface area (Å²) in [4.78, 5) is 12.0. The number of anilines is 1. The molecule has 0 fully saturated rings. The van der Waals surface area contributed by atoms with Crippen molar-refractivity contribution in [2.24, 2.45) is 0 Å². The SMILES string of the molecule is CCCCOc1ccc(NC(=O)NCC(C)(O)Cc2ccco2)cc1. The Hall–Kier alpha value is -2.47. The summed E-state index contributed by atoms with van der Waals surface area (Å²) < 4.78 is 10.8. The first-order valence-corrected chi connectivity index (χ1v) is 8.51. The average Bonchev–Trinajstić information content (AvgIpc) is 3.07. The molecule has 1 heterocycles. The van der Waals surface area contributed by atoms with Crippen LogP contribution in [0.3, 0.4) is 0 Å². The number of amides is 2. The molecule has 1 aromatic carbocycles. The van der Waals surface area contributed by atoms with Crippen LogP contribution >= 0.6 is 0 Å². The zero-order valence-corrected chi connectivity index (χ0v) is 14.7. The molecule has 0 saturated heterocycles. The minimum absolute atomic E-state index is 0.109. The van der Waals surface area contributed by atoms with E-state index < -0.39 is 5.60 Å². The Morgan fingerprint density at radius 1 is 1.28 bits per heavy atom. The second kappa shape index (κ2) is 9.13. The molecular weight excluding hydrogens is 320 g/mol. The van der Waals surface area contributed by atoms with E-state index in [4.69, 9.17) is 9.15 Å². The summed E-state index contributed by atoms with van der Waals surface area (Å²) in [6, 6.07) is 10.4. The molecule has 2 aromatic rings. The molecule has 0 aliphatic carbocycles. The fraction of sp³-hybridized carbons (Fsp3) is 0.421. The van der Waals surface area contributed by atoms with E-state index in [0.29, 0.717) is 24.5 Å². The molecule has 1 unspecified atom stereocenters. The molecule has 6 heteroatoms. The minimum atomic E-state index is -1.09. The van der Waals surface area contributed by atoms with Gasteiger partial charge in [0.15, 0.2) is 0 Å². The Balaban J connectivity index is 1.75. The van der Waals surface area contributed by atoms with Gasteiger partial charge in [0.05, 0.1) is 18.5 Å². The van der Waals surface area contributed by atoms with Gasteiger partial charge in [0.2, 0.25) is 0 Å². The van der Waals surface area contributed by atoms with E-state index in [-0.39, 0.29) is 12.6 Å². The van der Waals surface area contributed by atoms with Crippen LogP contribution in [0.2, 0.25) is 0 Å². The van der Waals surface area contributed by atoms with Gasteiger partial charge < -0.3 is 24.9 Å². The lowest BCUT2D eigenvalue weighted by atomic mass is 10.0. The van der Waals surface area contributed by atoms with Crippen LogP contribution in [0.4, 0.5) is 10.5 Å². The van der Waals surface area contributed by atoms with Gasteiger partial charge >= 0.3 is 6.03 Å². The van der Waals surface area contributed by atoms with E-state index in [1.807, 2.05) is 12.1 Å². The van der Waals surface area contributed by atoms with Crippen molar-refractivity contribution in [3.63, 3.8) is 0 Å². The minimum Gasteiger partial charge on any atom is -0.494 e. The number of urea groups is 1. The lowest BCUT2D eigenvalue weighted by Crippen LogP contribution is -2.43. The summed E-state index contributed by atoms with van der Waals surface area (Å²) in [5.41, 5.74) is -0.433. The predicted molar refractivity (Wildman–Crippen MR) is 96.9 cm³/mol. The van der Waals surface area contributed by atoms with Crippen molar-refractivity contribution in [2.75, 3.05) is 18.5 Å². The summed E-state index contributed by atoms with van der Waals surface area (Å²) in [7, 11) is 0. The van der Waals surface area contributed by atoms with Crippen molar-refractivity contribution in [2.45, 2.75) is 38.7 Å². The highest BCUT2D eigenvalue weighted by Crippen LogP contribution is 2.16. The topological polar surface area (TPSA) is 83.7 Å². The first-order valence-electron chi connectivity index (χ1n) is 8.51. The molecule has 0 aliphatic rings. The van der Waals surface area contributed by atoms with Gasteiger partial charge in [0.25, 0.3) is 0 Å². The van der Waals surface area contributed by atoms with Crippen LogP contribution in [0, 0.1) is 0 Å². The van der Waals surface area contributed by atoms with Crippen molar-refractivity contribution >= 4 is 11.7 Å². The van der Waals surface area contributed by atoms with E-state index >= 15 is 0 Å². The number of furan rings is 1. The van der Waals surface area contributed by atoms with Gasteiger partial charge in [-0.1, -0.05) is 13.3 Å². The molecule has 0 radical (unpaired) electrons. The standard InChI is InChI=1S/C19H26N2O4/c1-3-4-11-24-16-9-7-15(8-10-16)21-18(22)20-14-19(2,23)13-17-6-5-12-25-17/h5-10,12,23H,3-4,11,13-14H2,1-2H3,(H2,20,21,22). The lowest BCUT2D eigenvalue weighted by Gasteiger charge is -2.22. The Labute approximate surface area is 148 Å². The second-order valence-electron chi connectivity index (χ2n) is 6.29. The van der Waals surface area contributed by atoms with E-state index in [2.05, 4.69) is 17.6 Å². The number of hydrogen-bond donors (Lipinski definition) is 3. The molecule has 1 aromatic heterocycles. The third-order valence-electron chi connectivity index (χ3n) is 3.64. The molecule has 0 aliphatic heterocycles. The number of carbonyl (C=O) groups is 1. The molecule has 0 saturated carbocycles. The maximum Gasteiger partial charge on any atom is 0.319 e. The zero-order valence-electron chi connectivity index (χ0n) is 14.7. The Kier molecular flexibility index (Phi) is 6.89. The quantitative estimate of drug-likeness (QED) is 0.606. The number of aliphatic hydroxyl groups is 1. The van der Waals surface area contributed by atoms with E-state index in [9.17, 15) is 9.90 Å². The first kappa shape index (κ1) is 18.9. The van der Waals surface area contributed by atoms with Crippen molar-refractivity contribution in [1.82, 2.24) is 5.32 Å². The van der Waals surface area contributed by atoms with Gasteiger partial charge in [0.1, 0.15) is 11.5 Å². The fourth-order valence-corrected chi connectivity index (χ4v) is 2.27. The third-order valence-corrected chi connectivity index (χ3v) is 3.64. The van der Waals surface area contributed by atoms with Gasteiger partial charge in [-0.15, -0.1) is 0 Å². The van der Waals surface area contributed by atoms with Crippen molar-refractivity contribution in [1.29, 1.82) is 0 Å². The molecule has 2 rings (SSSR count). The largest absolute Gasteiger partial charge is 0.494 e. The molecule has 6 nitrogen and oxygen atoms in total. The summed E-state index contributed by atoms with van der Waals surface area (Å²) in [6.45, 7) is 4.56. The Bertz CT molecular complexity index is 636. The maximum atomic E-state index is 12.0. The molecule has 1 atom stereocenters. The number of ether oxygens (including phenoxy) is 1. The van der Waals surface area contributed by atoms with Crippen LogP contribution in [0.15, 0.2) is 47.1 Å². The van der Waals surface area contributed by atoms with Gasteiger partial charge in [-0.05, 0) is 49.7 Å². The summed E-state index contributed by atoms with van der Waals surface area (Å²) in [5, 5.41) is 15.7. The Morgan fingerprint density at radius 2 is 2.04 bits per heavy atom. The number of nitrogens with one attached hydrogen (secondary N) is 2. The molecule has 0 spiro atoms. The molecule has 0 bridgehead atoms. The van der Waals surface area contributed by atoms with Crippen LogP contribution in [0.25, 0.3) is 0 Å². The van der Waals surface area contributed by atoms with Crippen LogP contribution in [-0.4, -0.2) is 29.9 Å². The van der Waals surface area contributed by atoms with E-state index in [1.165, 1.54) is 0 Å². The predicted octanol–water partition coefficient (Wildman–Crippen LogP) is 3.57. The molecule has 2 amide bonds. The Morgan fingerprint density at radius 3 is 2.68 bits per heavy atom. The van der Waals surface area contributed by atoms with Crippen molar-refractivity contribution in [3.05, 3.63) is 48.4 Å². The van der Waals surface area contributed by atoms with Gasteiger partial charge in [-0.2, -0.15) is 0 Å². The van der Waals surface area contributed by atoms with E-state index in [0.717, 1.165) is 18.6 Å². The zero-order chi connectivity index (χ0) is 18.1. The van der Waals surface area contributed by atoms with Crippen LogP contribution in [-0.2, 0) is 6.42 Å². The summed E-state index contributed by atoms with van der Waals surface area (Å²) in [6.07, 6.45) is 3.98. The third kappa shape index (κ3) is 6.89. The van der Waals surface area contributed by atoms with Crippen molar-refractivity contribution in [3.8, 4) is 5.75 Å². The maximum absolute atomic E-state index is 12.0. The van der Waals surface area contributed by atoms with Crippen LogP contribution in [0.5, 0.6) is 5.75 Å². The fourth-order valence-electron chi connectivity index (χ4n) is 2.27. The van der Waals surface area contributed by atoms with Gasteiger partial charge in [-0.3, -0.25) is 0 Å². The molecular formula is C19H26N2O4. The van der Waals surface area contributed by atoms with Crippen LogP contribution in [0.1, 0.15) is 32.4 Å². The first-order chi connectivity index (χ1) is 12.0. The number of hydrogen-bond acceptors (Lipinski definition) is 4. The monoisotopic (exact) mass is 346 g/mol. The van der Waals surface area contributed by atoms with Crippen LogP contribution < -0.4 is 15.4 Å². The summed E-state index contributed by atoms with van der Waals surface area (Å²) in [5.74, 6) is 1.45. The normalized spacial score (nSPS) is 13.1. The average molecular weight is 346 g/mol. The number of unbranched alkanes of at least 4 members (excludes halogenated alkanes) is 1.